The van der Waals surface area contributed by atoms with E-state index >= 15 is 0 Å². The van der Waals surface area contributed by atoms with Gasteiger partial charge in [0.2, 0.25) is 5.91 Å². The minimum atomic E-state index is -0.865. The Morgan fingerprint density at radius 3 is 2.92 bits per heavy atom. The van der Waals surface area contributed by atoms with E-state index in [4.69, 9.17) is 5.11 Å². The van der Waals surface area contributed by atoms with Gasteiger partial charge in [-0.25, -0.2) is 0 Å². The van der Waals surface area contributed by atoms with Crippen LogP contribution in [0.1, 0.15) is 29.8 Å². The lowest BCUT2D eigenvalue weighted by molar-refractivity contribution is -0.145. The average molecular weight is 344 g/mol. The number of para-hydroxylation sites is 1. The van der Waals surface area contributed by atoms with Gasteiger partial charge in [0.05, 0.1) is 11.4 Å². The van der Waals surface area contributed by atoms with Crippen molar-refractivity contribution in [3.05, 3.63) is 30.0 Å². The van der Waals surface area contributed by atoms with E-state index in [1.54, 1.807) is 11.0 Å². The molecule has 1 atom stereocenters. The number of amides is 2. The number of carbonyl (C=O) groups excluding carboxylic acids is 2. The van der Waals surface area contributed by atoms with E-state index in [1.165, 1.54) is 0 Å². The van der Waals surface area contributed by atoms with Gasteiger partial charge in [-0.15, -0.1) is 0 Å². The molecule has 2 heterocycles. The Balaban J connectivity index is 1.51. The summed E-state index contributed by atoms with van der Waals surface area (Å²) in [4.78, 5) is 37.1. The molecule has 0 saturated carbocycles. The maximum atomic E-state index is 12.2. The summed E-state index contributed by atoms with van der Waals surface area (Å²) in [5.41, 5.74) is 1.07. The Morgan fingerprint density at radius 2 is 2.12 bits per heavy atom. The van der Waals surface area contributed by atoms with Crippen LogP contribution in [0.2, 0.25) is 0 Å². The lowest BCUT2D eigenvalue weighted by Gasteiger charge is -2.30. The molecular formula is C17H20N4O4. The maximum absolute atomic E-state index is 12.2. The molecule has 1 aromatic carbocycles. The number of likely N-dealkylation sites (tertiary alicyclic amines) is 1. The van der Waals surface area contributed by atoms with E-state index in [-0.39, 0.29) is 31.3 Å². The standard InChI is InChI=1S/C17H20N4O4/c22-14(21-9-3-4-11(10-21)17(24)25)7-8-18-16(23)15-12-5-1-2-6-13(12)19-20-15/h1-2,5-6,11H,3-4,7-10H2,(H,18,23)(H,19,20)(H,24,25). The highest BCUT2D eigenvalue weighted by molar-refractivity contribution is 6.04. The lowest BCUT2D eigenvalue weighted by atomic mass is 9.98. The normalized spacial score (nSPS) is 17.4. The summed E-state index contributed by atoms with van der Waals surface area (Å²) in [6.45, 7) is 1.000. The van der Waals surface area contributed by atoms with Gasteiger partial charge in [-0.3, -0.25) is 19.5 Å². The zero-order chi connectivity index (χ0) is 17.8. The summed E-state index contributed by atoms with van der Waals surface area (Å²) in [5.74, 6) is -1.84. The van der Waals surface area contributed by atoms with E-state index in [2.05, 4.69) is 15.5 Å². The SMILES string of the molecule is O=C(NCCC(=O)N1CCCC(C(=O)O)C1)c1n[nH]c2ccccc12. The number of carboxylic acid groups (broad SMARTS) is 1. The molecule has 3 N–H and O–H groups in total. The van der Waals surface area contributed by atoms with Gasteiger partial charge in [-0.1, -0.05) is 18.2 Å². The van der Waals surface area contributed by atoms with Gasteiger partial charge in [0.1, 0.15) is 0 Å². The number of aromatic amines is 1. The fourth-order valence-corrected chi connectivity index (χ4v) is 3.07. The molecule has 8 heteroatoms. The van der Waals surface area contributed by atoms with Crippen LogP contribution in [0.4, 0.5) is 0 Å². The van der Waals surface area contributed by atoms with Crippen molar-refractivity contribution in [1.29, 1.82) is 0 Å². The molecule has 1 unspecified atom stereocenters. The van der Waals surface area contributed by atoms with Crippen molar-refractivity contribution < 1.29 is 19.5 Å². The van der Waals surface area contributed by atoms with Crippen molar-refractivity contribution in [3.63, 3.8) is 0 Å². The number of carbonyl (C=O) groups is 3. The molecule has 1 saturated heterocycles. The van der Waals surface area contributed by atoms with Crippen molar-refractivity contribution in [3.8, 4) is 0 Å². The maximum Gasteiger partial charge on any atom is 0.308 e. The summed E-state index contributed by atoms with van der Waals surface area (Å²) in [6.07, 6.45) is 1.43. The Hall–Kier alpha value is -2.90. The minimum absolute atomic E-state index is 0.139. The van der Waals surface area contributed by atoms with E-state index in [1.807, 2.05) is 18.2 Å². The van der Waals surface area contributed by atoms with Gasteiger partial charge in [0.25, 0.3) is 5.91 Å². The first-order valence-electron chi connectivity index (χ1n) is 8.28. The summed E-state index contributed by atoms with van der Waals surface area (Å²) in [7, 11) is 0. The molecule has 2 aromatic rings. The van der Waals surface area contributed by atoms with Crippen LogP contribution in [-0.4, -0.2) is 57.6 Å². The topological polar surface area (TPSA) is 115 Å². The third-order valence-electron chi connectivity index (χ3n) is 4.43. The Kier molecular flexibility index (Phi) is 4.97. The first kappa shape index (κ1) is 16.9. The molecule has 1 aliphatic rings. The van der Waals surface area contributed by atoms with Gasteiger partial charge in [-0.2, -0.15) is 5.10 Å². The highest BCUT2D eigenvalue weighted by atomic mass is 16.4. The van der Waals surface area contributed by atoms with E-state index in [0.717, 1.165) is 10.9 Å². The molecule has 25 heavy (non-hydrogen) atoms. The first-order valence-corrected chi connectivity index (χ1v) is 8.28. The molecule has 132 valence electrons. The number of H-pyrrole nitrogens is 1. The largest absolute Gasteiger partial charge is 0.481 e. The molecule has 0 aliphatic carbocycles. The van der Waals surface area contributed by atoms with Gasteiger partial charge >= 0.3 is 5.97 Å². The fourth-order valence-electron chi connectivity index (χ4n) is 3.07. The summed E-state index contributed by atoms with van der Waals surface area (Å²) in [6, 6.07) is 7.31. The van der Waals surface area contributed by atoms with Gasteiger partial charge in [0.15, 0.2) is 5.69 Å². The van der Waals surface area contributed by atoms with Crippen LogP contribution in [0.3, 0.4) is 0 Å². The molecule has 3 rings (SSSR count). The van der Waals surface area contributed by atoms with Gasteiger partial charge < -0.3 is 15.3 Å². The second-order valence-electron chi connectivity index (χ2n) is 6.14. The third kappa shape index (κ3) is 3.78. The van der Waals surface area contributed by atoms with Crippen LogP contribution in [0.15, 0.2) is 24.3 Å². The quantitative estimate of drug-likeness (QED) is 0.748. The van der Waals surface area contributed by atoms with Crippen molar-refractivity contribution in [2.75, 3.05) is 19.6 Å². The molecule has 2 amide bonds. The molecular weight excluding hydrogens is 324 g/mol. The summed E-state index contributed by atoms with van der Waals surface area (Å²) < 4.78 is 0. The zero-order valence-corrected chi connectivity index (χ0v) is 13.7. The number of carboxylic acids is 1. The Labute approximate surface area is 144 Å². The number of hydrogen-bond donors (Lipinski definition) is 3. The Morgan fingerprint density at radius 1 is 1.32 bits per heavy atom. The van der Waals surface area contributed by atoms with Crippen LogP contribution in [0.5, 0.6) is 0 Å². The van der Waals surface area contributed by atoms with Crippen molar-refractivity contribution in [2.24, 2.45) is 5.92 Å². The molecule has 0 bridgehead atoms. The van der Waals surface area contributed by atoms with Crippen LogP contribution in [0, 0.1) is 5.92 Å². The van der Waals surface area contributed by atoms with Crippen LogP contribution in [0.25, 0.3) is 10.9 Å². The molecule has 8 nitrogen and oxygen atoms in total. The number of benzene rings is 1. The number of fused-ring (bicyclic) bond motifs is 1. The predicted molar refractivity (Wildman–Crippen MR) is 90.0 cm³/mol. The van der Waals surface area contributed by atoms with Crippen molar-refractivity contribution >= 4 is 28.7 Å². The highest BCUT2D eigenvalue weighted by Gasteiger charge is 2.27. The predicted octanol–water partition coefficient (Wildman–Crippen LogP) is 1.01. The number of hydrogen-bond acceptors (Lipinski definition) is 4. The minimum Gasteiger partial charge on any atom is -0.481 e. The number of rotatable bonds is 5. The molecule has 1 fully saturated rings. The smallest absolute Gasteiger partial charge is 0.308 e. The van der Waals surface area contributed by atoms with Crippen LogP contribution in [-0.2, 0) is 9.59 Å². The molecule has 1 aromatic heterocycles. The van der Waals surface area contributed by atoms with Crippen molar-refractivity contribution in [1.82, 2.24) is 20.4 Å². The summed E-state index contributed by atoms with van der Waals surface area (Å²) in [5, 5.41) is 19.3. The van der Waals surface area contributed by atoms with E-state index in [0.29, 0.717) is 25.1 Å². The van der Waals surface area contributed by atoms with Crippen LogP contribution >= 0.6 is 0 Å². The first-order chi connectivity index (χ1) is 12.1. The summed E-state index contributed by atoms with van der Waals surface area (Å²) >= 11 is 0. The monoisotopic (exact) mass is 344 g/mol. The van der Waals surface area contributed by atoms with E-state index in [9.17, 15) is 14.4 Å². The number of nitrogens with zero attached hydrogens (tertiary/aromatic N) is 2. The van der Waals surface area contributed by atoms with Crippen LogP contribution < -0.4 is 5.32 Å². The second kappa shape index (κ2) is 7.33. The van der Waals surface area contributed by atoms with Gasteiger partial charge in [-0.05, 0) is 18.9 Å². The average Bonchev–Trinajstić information content (AvgIpc) is 3.05. The fraction of sp³-hybridized carbons (Fsp3) is 0.412. The number of nitrogens with one attached hydrogen (secondary N) is 2. The molecule has 1 aliphatic heterocycles. The van der Waals surface area contributed by atoms with Crippen molar-refractivity contribution in [2.45, 2.75) is 19.3 Å². The number of piperidine rings is 1. The zero-order valence-electron chi connectivity index (χ0n) is 13.7. The number of aromatic nitrogens is 2. The third-order valence-corrected chi connectivity index (χ3v) is 4.43. The molecule has 0 spiro atoms. The Bertz CT molecular complexity index is 801. The number of aliphatic carboxylic acids is 1. The highest BCUT2D eigenvalue weighted by Crippen LogP contribution is 2.17. The molecule has 0 radical (unpaired) electrons. The lowest BCUT2D eigenvalue weighted by Crippen LogP contribution is -2.43. The van der Waals surface area contributed by atoms with E-state index < -0.39 is 11.9 Å². The van der Waals surface area contributed by atoms with Gasteiger partial charge in [0, 0.05) is 31.4 Å². The second-order valence-corrected chi connectivity index (χ2v) is 6.14.